The fourth-order valence-electron chi connectivity index (χ4n) is 5.93. The number of halogens is 3. The van der Waals surface area contributed by atoms with Gasteiger partial charge in [0.15, 0.2) is 5.78 Å². The second kappa shape index (κ2) is 12.7. The fourth-order valence-corrected chi connectivity index (χ4v) is 6.98. The molecule has 1 fully saturated rings. The predicted molar refractivity (Wildman–Crippen MR) is 165 cm³/mol. The van der Waals surface area contributed by atoms with Crippen LogP contribution in [0, 0.1) is 23.4 Å². The number of aromatic nitrogens is 4. The normalized spacial score (nSPS) is 14.7. The largest absolute Gasteiger partial charge is 0.507 e. The lowest BCUT2D eigenvalue weighted by molar-refractivity contribution is 0.101. The molecule has 240 valence electrons. The molecule has 0 aliphatic carbocycles. The summed E-state index contributed by atoms with van der Waals surface area (Å²) >= 11 is 0. The summed E-state index contributed by atoms with van der Waals surface area (Å²) in [6.07, 6.45) is 3.41. The van der Waals surface area contributed by atoms with E-state index in [0.29, 0.717) is 40.9 Å². The zero-order chi connectivity index (χ0) is 32.6. The number of fused-ring (bicyclic) bond motifs is 1. The molecule has 0 amide bonds. The molecule has 14 heteroatoms. The maximum atomic E-state index is 14.8. The summed E-state index contributed by atoms with van der Waals surface area (Å²) in [6.45, 7) is 3.96. The molecule has 3 aromatic carbocycles. The lowest BCUT2D eigenvalue weighted by atomic mass is 9.97. The van der Waals surface area contributed by atoms with Gasteiger partial charge in [-0.15, -0.1) is 5.10 Å². The van der Waals surface area contributed by atoms with Gasteiger partial charge in [0, 0.05) is 54.7 Å². The maximum absolute atomic E-state index is 14.8. The first kappa shape index (κ1) is 31.5. The molecular weight excluding hydrogens is 621 g/mol. The summed E-state index contributed by atoms with van der Waals surface area (Å²) in [6, 6.07) is 11.3. The topological polar surface area (TPSA) is 133 Å². The first-order chi connectivity index (χ1) is 22.0. The Labute approximate surface area is 262 Å². The van der Waals surface area contributed by atoms with Crippen LogP contribution < -0.4 is 4.72 Å². The summed E-state index contributed by atoms with van der Waals surface area (Å²) in [5.41, 5.74) is 1.39. The monoisotopic (exact) mass is 652 g/mol. The smallest absolute Gasteiger partial charge is 0.240 e. The number of piperidine rings is 1. The number of sulfonamides is 1. The molecule has 0 bridgehead atoms. The van der Waals surface area contributed by atoms with E-state index in [2.05, 4.69) is 24.9 Å². The van der Waals surface area contributed by atoms with Gasteiger partial charge < -0.3 is 15.0 Å². The summed E-state index contributed by atoms with van der Waals surface area (Å²) < 4.78 is 72.9. The third-order valence-corrected chi connectivity index (χ3v) is 9.72. The van der Waals surface area contributed by atoms with Gasteiger partial charge in [-0.25, -0.2) is 26.3 Å². The number of aromatic hydroxyl groups is 1. The fraction of sp³-hybridized carbons (Fsp3) is 0.281. The van der Waals surface area contributed by atoms with E-state index in [1.807, 2.05) is 0 Å². The van der Waals surface area contributed by atoms with E-state index in [1.165, 1.54) is 37.3 Å². The van der Waals surface area contributed by atoms with Crippen molar-refractivity contribution >= 4 is 26.7 Å². The van der Waals surface area contributed by atoms with Gasteiger partial charge in [-0.3, -0.25) is 9.48 Å². The van der Waals surface area contributed by atoms with Crippen LogP contribution in [-0.4, -0.2) is 70.4 Å². The first-order valence-corrected chi connectivity index (χ1v) is 16.2. The Bertz CT molecular complexity index is 2010. The molecule has 1 aliphatic rings. The van der Waals surface area contributed by atoms with E-state index < -0.39 is 43.7 Å². The number of nitrogens with zero attached hydrogens (tertiary/aromatic N) is 4. The van der Waals surface area contributed by atoms with Crippen LogP contribution in [0.5, 0.6) is 5.75 Å². The van der Waals surface area contributed by atoms with Crippen molar-refractivity contribution in [2.24, 2.45) is 5.92 Å². The van der Waals surface area contributed by atoms with Gasteiger partial charge in [-0.2, -0.15) is 0 Å². The number of phenolic OH excluding ortho intramolecular Hbond substituents is 1. The molecule has 3 heterocycles. The van der Waals surface area contributed by atoms with Crippen molar-refractivity contribution in [3.63, 3.8) is 0 Å². The Balaban J connectivity index is 1.03. The van der Waals surface area contributed by atoms with Crippen molar-refractivity contribution in [3.05, 3.63) is 83.9 Å². The van der Waals surface area contributed by atoms with Gasteiger partial charge in [-0.05, 0) is 62.2 Å². The van der Waals surface area contributed by atoms with E-state index in [-0.39, 0.29) is 23.8 Å². The van der Waals surface area contributed by atoms with Crippen molar-refractivity contribution in [3.8, 4) is 28.1 Å². The summed E-state index contributed by atoms with van der Waals surface area (Å²) in [5, 5.41) is 19.4. The molecule has 46 heavy (non-hydrogen) atoms. The molecule has 0 atom stereocenters. The second-order valence-corrected chi connectivity index (χ2v) is 13.2. The Morgan fingerprint density at radius 3 is 2.52 bits per heavy atom. The highest BCUT2D eigenvalue weighted by molar-refractivity contribution is 7.89. The summed E-state index contributed by atoms with van der Waals surface area (Å²) in [4.78, 5) is 17.0. The Kier molecular flexibility index (Phi) is 8.68. The van der Waals surface area contributed by atoms with Gasteiger partial charge in [0.05, 0.1) is 22.3 Å². The van der Waals surface area contributed by atoms with Crippen molar-refractivity contribution < 1.29 is 31.5 Å². The molecule has 0 unspecified atom stereocenters. The van der Waals surface area contributed by atoms with Gasteiger partial charge in [0.25, 0.3) is 0 Å². The average molecular weight is 653 g/mol. The van der Waals surface area contributed by atoms with Crippen molar-refractivity contribution in [2.45, 2.75) is 31.2 Å². The quantitative estimate of drug-likeness (QED) is 0.179. The number of Topliss-reactive ketones (excluding diaryl/α,β-unsaturated/α-hetero) is 1. The highest BCUT2D eigenvalue weighted by Gasteiger charge is 2.25. The molecule has 0 radical (unpaired) electrons. The van der Waals surface area contributed by atoms with Gasteiger partial charge in [-0.1, -0.05) is 23.4 Å². The Morgan fingerprint density at radius 1 is 1.04 bits per heavy atom. The SMILES string of the molecule is CC(=O)c1[nH]c2ccc(F)cc2c1-c1cn(CC2CCN(CCNS(=O)(=O)c3cc(O)c(-c4ccccc4F)c(F)c3)CC2)nn1. The lowest BCUT2D eigenvalue weighted by Gasteiger charge is -2.31. The Morgan fingerprint density at radius 2 is 1.80 bits per heavy atom. The van der Waals surface area contributed by atoms with Gasteiger partial charge in [0.2, 0.25) is 10.0 Å². The summed E-state index contributed by atoms with van der Waals surface area (Å²) in [5.74, 6) is -2.80. The van der Waals surface area contributed by atoms with Crippen molar-refractivity contribution in [2.75, 3.05) is 26.2 Å². The number of ketones is 1. The molecule has 10 nitrogen and oxygen atoms in total. The minimum absolute atomic E-state index is 0.0700. The number of benzene rings is 3. The van der Waals surface area contributed by atoms with Crippen LogP contribution in [0.15, 0.2) is 65.7 Å². The van der Waals surface area contributed by atoms with E-state index >= 15 is 0 Å². The van der Waals surface area contributed by atoms with Crippen LogP contribution in [-0.2, 0) is 16.6 Å². The summed E-state index contributed by atoms with van der Waals surface area (Å²) in [7, 11) is -4.14. The zero-order valence-corrected chi connectivity index (χ0v) is 25.6. The number of hydrogen-bond acceptors (Lipinski definition) is 7. The zero-order valence-electron chi connectivity index (χ0n) is 24.8. The van der Waals surface area contributed by atoms with Crippen LogP contribution in [0.1, 0.15) is 30.3 Å². The van der Waals surface area contributed by atoms with E-state index in [1.54, 1.807) is 16.9 Å². The third-order valence-electron chi connectivity index (χ3n) is 8.28. The molecule has 0 spiro atoms. The molecule has 1 aliphatic heterocycles. The lowest BCUT2D eigenvalue weighted by Crippen LogP contribution is -2.40. The minimum atomic E-state index is -4.14. The first-order valence-electron chi connectivity index (χ1n) is 14.7. The molecule has 2 aromatic heterocycles. The molecule has 5 aromatic rings. The number of nitrogens with one attached hydrogen (secondary N) is 2. The van der Waals surface area contributed by atoms with Crippen LogP contribution in [0.3, 0.4) is 0 Å². The standard InChI is InChI=1S/C32H31F3N6O4S/c1-19(42)32-31(24-14-21(33)6-7-27(24)37-32)28-18-41(39-38-28)17-20-8-11-40(12-9-20)13-10-36-46(44,45)22-15-26(35)30(29(43)16-22)23-4-2-3-5-25(23)34/h2-7,14-16,18,20,36-37,43H,8-13,17H2,1H3. The highest BCUT2D eigenvalue weighted by Crippen LogP contribution is 2.36. The van der Waals surface area contributed by atoms with Crippen molar-refractivity contribution in [1.29, 1.82) is 0 Å². The van der Waals surface area contributed by atoms with Crippen LogP contribution >= 0.6 is 0 Å². The number of aromatic amines is 1. The van der Waals surface area contributed by atoms with Crippen molar-refractivity contribution in [1.82, 2.24) is 29.6 Å². The van der Waals surface area contributed by atoms with Gasteiger partial charge >= 0.3 is 0 Å². The number of likely N-dealkylation sites (tertiary alicyclic amines) is 1. The number of rotatable bonds is 10. The number of phenols is 1. The minimum Gasteiger partial charge on any atom is -0.507 e. The predicted octanol–water partition coefficient (Wildman–Crippen LogP) is 5.11. The van der Waals surface area contributed by atoms with E-state index in [9.17, 15) is 31.5 Å². The molecule has 3 N–H and O–H groups in total. The van der Waals surface area contributed by atoms with Crippen LogP contribution in [0.2, 0.25) is 0 Å². The average Bonchev–Trinajstić information content (AvgIpc) is 3.62. The van der Waals surface area contributed by atoms with E-state index in [4.69, 9.17) is 0 Å². The Hall–Kier alpha value is -4.53. The number of H-pyrrole nitrogens is 1. The maximum Gasteiger partial charge on any atom is 0.240 e. The molecule has 0 saturated carbocycles. The van der Waals surface area contributed by atoms with E-state index in [0.717, 1.165) is 44.1 Å². The van der Waals surface area contributed by atoms with Crippen LogP contribution in [0.25, 0.3) is 33.3 Å². The number of carbonyl (C=O) groups is 1. The molecular formula is C32H31F3N6O4S. The highest BCUT2D eigenvalue weighted by atomic mass is 32.2. The third kappa shape index (κ3) is 6.41. The van der Waals surface area contributed by atoms with Gasteiger partial charge in [0.1, 0.15) is 28.9 Å². The molecule has 6 rings (SSSR count). The number of hydrogen-bond donors (Lipinski definition) is 3. The molecule has 1 saturated heterocycles. The number of carbonyl (C=O) groups excluding carboxylic acids is 1. The second-order valence-electron chi connectivity index (χ2n) is 11.4. The van der Waals surface area contributed by atoms with Crippen LogP contribution in [0.4, 0.5) is 13.2 Å².